The number of aliphatic hydroxyl groups is 1. The van der Waals surface area contributed by atoms with Gasteiger partial charge < -0.3 is 5.11 Å². The van der Waals surface area contributed by atoms with E-state index in [0.29, 0.717) is 12.2 Å². The molecule has 154 valence electrons. The molecule has 0 aromatic heterocycles. The third-order valence-electron chi connectivity index (χ3n) is 4.91. The Balaban J connectivity index is 0.000000694. The zero-order valence-electron chi connectivity index (χ0n) is 17.8. The molecule has 1 N–H and O–H groups in total. The molecule has 0 saturated carbocycles. The minimum Gasteiger partial charge on any atom is -0.396 e. The van der Waals surface area contributed by atoms with Crippen LogP contribution in [0.4, 0.5) is 0 Å². The maximum Gasteiger partial charge on any atom is 0.0991 e. The summed E-state index contributed by atoms with van der Waals surface area (Å²) in [6.45, 7) is 2.66. The van der Waals surface area contributed by atoms with E-state index < -0.39 is 0 Å². The van der Waals surface area contributed by atoms with Crippen molar-refractivity contribution in [1.82, 2.24) is 0 Å². The molecule has 2 heteroatoms. The molecule has 0 aliphatic rings. The van der Waals surface area contributed by atoms with Gasteiger partial charge in [-0.3, -0.25) is 0 Å². The number of benzene rings is 1. The summed E-state index contributed by atoms with van der Waals surface area (Å²) in [5.74, 6) is 0. The molecular formula is C25H43NO. The average molecular weight is 374 g/mol. The van der Waals surface area contributed by atoms with Crippen LogP contribution in [0.3, 0.4) is 0 Å². The Kier molecular flexibility index (Phi) is 21.6. The van der Waals surface area contributed by atoms with Crippen molar-refractivity contribution in [3.8, 4) is 6.07 Å². The quantitative estimate of drug-likeness (QED) is 0.300. The summed E-state index contributed by atoms with van der Waals surface area (Å²) >= 11 is 0. The largest absolute Gasteiger partial charge is 0.396 e. The van der Waals surface area contributed by atoms with E-state index in [1.807, 2.05) is 24.3 Å². The first kappa shape index (κ1) is 25.7. The first-order valence-electron chi connectivity index (χ1n) is 11.4. The highest BCUT2D eigenvalue weighted by Gasteiger charge is 1.94. The second-order valence-corrected chi connectivity index (χ2v) is 7.50. The third-order valence-corrected chi connectivity index (χ3v) is 4.91. The zero-order chi connectivity index (χ0) is 19.8. The number of unbranched alkanes of at least 4 members (excludes halogenated alkanes) is 15. The maximum absolute atomic E-state index is 8.67. The fraction of sp³-hybridized carbons (Fsp3) is 0.720. The highest BCUT2D eigenvalue weighted by atomic mass is 16.2. The highest BCUT2D eigenvalue weighted by molar-refractivity contribution is 5.27. The fourth-order valence-electron chi connectivity index (χ4n) is 3.17. The van der Waals surface area contributed by atoms with Crippen molar-refractivity contribution in [3.05, 3.63) is 35.9 Å². The highest BCUT2D eigenvalue weighted by Crippen LogP contribution is 2.13. The molecule has 0 saturated heterocycles. The molecule has 2 nitrogen and oxygen atoms in total. The Morgan fingerprint density at radius 1 is 0.630 bits per heavy atom. The van der Waals surface area contributed by atoms with Crippen molar-refractivity contribution in [2.45, 2.75) is 110 Å². The summed E-state index contributed by atoms with van der Waals surface area (Å²) in [5.41, 5.74) is 0.715. The molecule has 27 heavy (non-hydrogen) atoms. The van der Waals surface area contributed by atoms with Crippen LogP contribution >= 0.6 is 0 Å². The van der Waals surface area contributed by atoms with Crippen molar-refractivity contribution in [2.24, 2.45) is 0 Å². The van der Waals surface area contributed by atoms with Gasteiger partial charge in [-0.25, -0.2) is 0 Å². The topological polar surface area (TPSA) is 44.0 Å². The van der Waals surface area contributed by atoms with Gasteiger partial charge in [0.2, 0.25) is 0 Å². The Morgan fingerprint density at radius 2 is 1.00 bits per heavy atom. The lowest BCUT2D eigenvalue weighted by molar-refractivity contribution is 0.282. The molecule has 0 atom stereocenters. The molecule has 1 rings (SSSR count). The number of nitriles is 1. The van der Waals surface area contributed by atoms with Gasteiger partial charge in [-0.1, -0.05) is 121 Å². The molecule has 0 aliphatic heterocycles. The van der Waals surface area contributed by atoms with E-state index in [4.69, 9.17) is 10.4 Å². The van der Waals surface area contributed by atoms with Crippen LogP contribution in [0.5, 0.6) is 0 Å². The number of hydrogen-bond donors (Lipinski definition) is 1. The van der Waals surface area contributed by atoms with Crippen LogP contribution in [0.15, 0.2) is 30.3 Å². The van der Waals surface area contributed by atoms with Gasteiger partial charge in [0.15, 0.2) is 0 Å². The van der Waals surface area contributed by atoms with Gasteiger partial charge in [-0.2, -0.15) is 5.26 Å². The van der Waals surface area contributed by atoms with E-state index in [-0.39, 0.29) is 0 Å². The first-order chi connectivity index (χ1) is 13.3. The van der Waals surface area contributed by atoms with Crippen LogP contribution in [0.2, 0.25) is 0 Å². The van der Waals surface area contributed by atoms with Gasteiger partial charge in [0.05, 0.1) is 11.6 Å². The van der Waals surface area contributed by atoms with Crippen LogP contribution in [0, 0.1) is 11.3 Å². The Hall–Kier alpha value is -1.33. The molecule has 0 bridgehead atoms. The smallest absolute Gasteiger partial charge is 0.0991 e. The minimum atomic E-state index is 0.373. The van der Waals surface area contributed by atoms with E-state index in [1.54, 1.807) is 12.1 Å². The number of nitrogens with zero attached hydrogens (tertiary/aromatic N) is 1. The SMILES string of the molecule is CCCCCCCCCCCCCCCCCCO.N#Cc1ccccc1. The van der Waals surface area contributed by atoms with Gasteiger partial charge in [0.1, 0.15) is 0 Å². The second-order valence-electron chi connectivity index (χ2n) is 7.50. The predicted molar refractivity (Wildman–Crippen MR) is 118 cm³/mol. The summed E-state index contributed by atoms with van der Waals surface area (Å²) < 4.78 is 0. The number of rotatable bonds is 16. The van der Waals surface area contributed by atoms with Crippen LogP contribution < -0.4 is 0 Å². The van der Waals surface area contributed by atoms with Crippen LogP contribution in [-0.4, -0.2) is 11.7 Å². The molecule has 0 heterocycles. The molecule has 1 aromatic rings. The lowest BCUT2D eigenvalue weighted by atomic mass is 10.0. The van der Waals surface area contributed by atoms with Gasteiger partial charge in [-0.05, 0) is 18.6 Å². The molecule has 0 radical (unpaired) electrons. The Morgan fingerprint density at radius 3 is 1.30 bits per heavy atom. The van der Waals surface area contributed by atoms with Crippen molar-refractivity contribution in [2.75, 3.05) is 6.61 Å². The summed E-state index contributed by atoms with van der Waals surface area (Å²) in [6, 6.07) is 11.2. The second kappa shape index (κ2) is 22.7. The minimum absolute atomic E-state index is 0.373. The summed E-state index contributed by atoms with van der Waals surface area (Å²) in [7, 11) is 0. The van der Waals surface area contributed by atoms with Crippen LogP contribution in [0.25, 0.3) is 0 Å². The predicted octanol–water partition coefficient (Wildman–Crippen LogP) is 7.80. The van der Waals surface area contributed by atoms with Crippen molar-refractivity contribution in [1.29, 1.82) is 5.26 Å². The van der Waals surface area contributed by atoms with Crippen molar-refractivity contribution < 1.29 is 5.11 Å². The van der Waals surface area contributed by atoms with Gasteiger partial charge >= 0.3 is 0 Å². The third kappa shape index (κ3) is 20.8. The lowest BCUT2D eigenvalue weighted by Crippen LogP contribution is -1.85. The molecule has 0 spiro atoms. The maximum atomic E-state index is 8.67. The van der Waals surface area contributed by atoms with E-state index in [9.17, 15) is 0 Å². The zero-order valence-corrected chi connectivity index (χ0v) is 17.8. The van der Waals surface area contributed by atoms with Crippen LogP contribution in [-0.2, 0) is 0 Å². The van der Waals surface area contributed by atoms with Gasteiger partial charge in [0, 0.05) is 6.61 Å². The molecule has 0 aliphatic carbocycles. The number of aliphatic hydroxyl groups excluding tert-OH is 1. The summed E-state index contributed by atoms with van der Waals surface area (Å²) in [4.78, 5) is 0. The van der Waals surface area contributed by atoms with Crippen LogP contribution in [0.1, 0.15) is 115 Å². The van der Waals surface area contributed by atoms with Crippen molar-refractivity contribution >= 4 is 0 Å². The van der Waals surface area contributed by atoms with E-state index in [1.165, 1.54) is 96.3 Å². The summed E-state index contributed by atoms with van der Waals surface area (Å²) in [5, 5.41) is 17.0. The fourth-order valence-corrected chi connectivity index (χ4v) is 3.17. The van der Waals surface area contributed by atoms with E-state index >= 15 is 0 Å². The monoisotopic (exact) mass is 373 g/mol. The Bertz CT molecular complexity index is 408. The van der Waals surface area contributed by atoms with Gasteiger partial charge in [0.25, 0.3) is 0 Å². The van der Waals surface area contributed by atoms with E-state index in [2.05, 4.69) is 6.92 Å². The van der Waals surface area contributed by atoms with E-state index in [0.717, 1.165) is 6.42 Å². The molecule has 0 amide bonds. The van der Waals surface area contributed by atoms with Gasteiger partial charge in [-0.15, -0.1) is 0 Å². The van der Waals surface area contributed by atoms with Crippen molar-refractivity contribution in [3.63, 3.8) is 0 Å². The first-order valence-corrected chi connectivity index (χ1v) is 11.4. The molecule has 0 fully saturated rings. The molecule has 0 unspecified atom stereocenters. The standard InChI is InChI=1S/C18H38O.C7H5N/c1-2-3-4-5-6-7-8-9-10-11-12-13-14-15-16-17-18-19;8-6-7-4-2-1-3-5-7/h19H,2-18H2,1H3;1-5H. The molecular weight excluding hydrogens is 330 g/mol. The summed E-state index contributed by atoms with van der Waals surface area (Å²) in [6.07, 6.45) is 22.2. The Labute approximate surface area is 169 Å². The average Bonchev–Trinajstić information content (AvgIpc) is 2.72. The molecule has 1 aromatic carbocycles. The lowest BCUT2D eigenvalue weighted by Gasteiger charge is -2.03. The normalized spacial score (nSPS) is 10.1. The number of hydrogen-bond acceptors (Lipinski definition) is 2.